The van der Waals surface area contributed by atoms with Gasteiger partial charge in [0.05, 0.1) is 19.9 Å². The molecule has 0 bridgehead atoms. The number of hydrogen-bond acceptors (Lipinski definition) is 7. The maximum atomic E-state index is 13.0. The molecule has 3 rings (SSSR count). The molecule has 1 aliphatic rings. The van der Waals surface area contributed by atoms with Gasteiger partial charge < -0.3 is 14.2 Å². The van der Waals surface area contributed by atoms with E-state index in [2.05, 4.69) is 10.1 Å². The topological polar surface area (TPSA) is 111 Å². The number of hydrogen-bond donors (Lipinski definition) is 1. The zero-order valence-electron chi connectivity index (χ0n) is 17.8. The second-order valence-corrected chi connectivity index (χ2v) is 6.75. The van der Waals surface area contributed by atoms with Crippen LogP contribution in [0.4, 0.5) is 10.5 Å². The van der Waals surface area contributed by atoms with Gasteiger partial charge in [0.25, 0.3) is 11.8 Å². The Labute approximate surface area is 184 Å². The summed E-state index contributed by atoms with van der Waals surface area (Å²) in [5.74, 6) is -1.53. The van der Waals surface area contributed by atoms with Crippen molar-refractivity contribution in [2.24, 2.45) is 0 Å². The third-order valence-electron chi connectivity index (χ3n) is 4.78. The maximum Gasteiger partial charge on any atom is 0.343 e. The van der Waals surface area contributed by atoms with Crippen LogP contribution < -0.4 is 19.7 Å². The molecule has 1 heterocycles. The van der Waals surface area contributed by atoms with Gasteiger partial charge in [0.2, 0.25) is 0 Å². The minimum Gasteiger partial charge on any atom is -0.493 e. The number of aryl methyl sites for hydroxylation is 1. The third-order valence-corrected chi connectivity index (χ3v) is 4.78. The van der Waals surface area contributed by atoms with Crippen molar-refractivity contribution in [2.45, 2.75) is 13.3 Å². The van der Waals surface area contributed by atoms with E-state index in [-0.39, 0.29) is 23.7 Å². The summed E-state index contributed by atoms with van der Waals surface area (Å²) in [7, 11) is 2.66. The Balaban J connectivity index is 1.90. The minimum atomic E-state index is -0.814. The highest BCUT2D eigenvalue weighted by Gasteiger charge is 2.36. The van der Waals surface area contributed by atoms with Gasteiger partial charge in [-0.25, -0.2) is 14.5 Å². The summed E-state index contributed by atoms with van der Waals surface area (Å²) >= 11 is 0. The molecule has 32 heavy (non-hydrogen) atoms. The fraction of sp³-hybridized carbons (Fsp3) is 0.217. The van der Waals surface area contributed by atoms with Crippen LogP contribution >= 0.6 is 0 Å². The standard InChI is InChI=1S/C23H22N2O7/c1-4-14-5-8-16(9-6-14)25-22(28)17(21(27)24-23(25)29)11-15-7-10-18(19(12-15)30-2)32-13-20(26)31-3/h5-12H,4,13H2,1-3H3,(H,24,27,29)/b17-11+. The van der Waals surface area contributed by atoms with Crippen LogP contribution in [-0.2, 0) is 25.5 Å². The summed E-state index contributed by atoms with van der Waals surface area (Å²) in [4.78, 5) is 49.9. The maximum absolute atomic E-state index is 13.0. The molecule has 4 amide bonds. The zero-order valence-corrected chi connectivity index (χ0v) is 17.8. The van der Waals surface area contributed by atoms with Crippen LogP contribution in [0.3, 0.4) is 0 Å². The van der Waals surface area contributed by atoms with Gasteiger partial charge in [-0.05, 0) is 47.9 Å². The molecule has 1 N–H and O–H groups in total. The Kier molecular flexibility index (Phi) is 6.89. The van der Waals surface area contributed by atoms with E-state index in [4.69, 9.17) is 9.47 Å². The van der Waals surface area contributed by atoms with Crippen molar-refractivity contribution >= 4 is 35.6 Å². The Morgan fingerprint density at radius 3 is 2.38 bits per heavy atom. The number of ether oxygens (including phenoxy) is 3. The number of anilines is 1. The van der Waals surface area contributed by atoms with Gasteiger partial charge in [-0.3, -0.25) is 14.9 Å². The molecular formula is C23H22N2O7. The van der Waals surface area contributed by atoms with E-state index >= 15 is 0 Å². The Morgan fingerprint density at radius 2 is 1.75 bits per heavy atom. The molecule has 0 aromatic heterocycles. The van der Waals surface area contributed by atoms with Crippen LogP contribution in [0.2, 0.25) is 0 Å². The smallest absolute Gasteiger partial charge is 0.343 e. The molecule has 0 aliphatic carbocycles. The third kappa shape index (κ3) is 4.77. The van der Waals surface area contributed by atoms with Gasteiger partial charge in [0, 0.05) is 0 Å². The number of barbiturate groups is 1. The molecule has 0 saturated carbocycles. The number of esters is 1. The second-order valence-electron chi connectivity index (χ2n) is 6.75. The van der Waals surface area contributed by atoms with Crippen molar-refractivity contribution in [3.63, 3.8) is 0 Å². The fourth-order valence-corrected chi connectivity index (χ4v) is 3.03. The van der Waals surface area contributed by atoms with Gasteiger partial charge in [0.15, 0.2) is 18.1 Å². The number of nitrogens with zero attached hydrogens (tertiary/aromatic N) is 1. The van der Waals surface area contributed by atoms with Crippen molar-refractivity contribution < 1.29 is 33.4 Å². The first-order valence-corrected chi connectivity index (χ1v) is 9.76. The van der Waals surface area contributed by atoms with Crippen molar-refractivity contribution in [1.82, 2.24) is 5.32 Å². The minimum absolute atomic E-state index is 0.213. The molecule has 1 aliphatic heterocycles. The number of benzene rings is 2. The molecule has 1 saturated heterocycles. The molecule has 9 heteroatoms. The van der Waals surface area contributed by atoms with Gasteiger partial charge in [-0.15, -0.1) is 0 Å². The molecular weight excluding hydrogens is 416 g/mol. The molecule has 0 atom stereocenters. The van der Waals surface area contributed by atoms with E-state index < -0.39 is 23.8 Å². The summed E-state index contributed by atoms with van der Waals surface area (Å²) in [6.45, 7) is 1.69. The number of carbonyl (C=O) groups excluding carboxylic acids is 4. The number of rotatable bonds is 7. The number of nitrogens with one attached hydrogen (secondary N) is 1. The van der Waals surface area contributed by atoms with Crippen LogP contribution in [0.5, 0.6) is 11.5 Å². The molecule has 2 aromatic carbocycles. The average Bonchev–Trinajstić information content (AvgIpc) is 2.80. The molecule has 2 aromatic rings. The van der Waals surface area contributed by atoms with E-state index in [1.165, 1.54) is 32.4 Å². The summed E-state index contributed by atoms with van der Waals surface area (Å²) in [6, 6.07) is 10.8. The van der Waals surface area contributed by atoms with E-state index in [0.717, 1.165) is 16.9 Å². The van der Waals surface area contributed by atoms with Crippen LogP contribution in [0.1, 0.15) is 18.1 Å². The quantitative estimate of drug-likeness (QED) is 0.402. The lowest BCUT2D eigenvalue weighted by atomic mass is 10.1. The number of urea groups is 1. The van der Waals surface area contributed by atoms with Gasteiger partial charge in [-0.1, -0.05) is 25.1 Å². The van der Waals surface area contributed by atoms with Gasteiger partial charge in [0.1, 0.15) is 5.57 Å². The summed E-state index contributed by atoms with van der Waals surface area (Å²) < 4.78 is 15.2. The number of imide groups is 2. The first kappa shape index (κ1) is 22.5. The highest BCUT2D eigenvalue weighted by atomic mass is 16.6. The normalized spacial score (nSPS) is 14.9. The van der Waals surface area contributed by atoms with Crippen LogP contribution in [-0.4, -0.2) is 44.6 Å². The molecule has 0 radical (unpaired) electrons. The average molecular weight is 438 g/mol. The van der Waals surface area contributed by atoms with Crippen molar-refractivity contribution in [3.05, 3.63) is 59.2 Å². The lowest BCUT2D eigenvalue weighted by Gasteiger charge is -2.26. The van der Waals surface area contributed by atoms with Gasteiger partial charge >= 0.3 is 12.0 Å². The largest absolute Gasteiger partial charge is 0.493 e. The highest BCUT2D eigenvalue weighted by Crippen LogP contribution is 2.30. The number of carbonyl (C=O) groups is 4. The van der Waals surface area contributed by atoms with Crippen LogP contribution in [0.15, 0.2) is 48.0 Å². The first-order valence-electron chi connectivity index (χ1n) is 9.76. The monoisotopic (exact) mass is 438 g/mol. The second kappa shape index (κ2) is 9.78. The van der Waals surface area contributed by atoms with E-state index in [1.54, 1.807) is 18.2 Å². The lowest BCUT2D eigenvalue weighted by Crippen LogP contribution is -2.54. The zero-order chi connectivity index (χ0) is 23.3. The molecule has 0 spiro atoms. The number of methoxy groups -OCH3 is 2. The Hall–Kier alpha value is -4.14. The Morgan fingerprint density at radius 1 is 1.03 bits per heavy atom. The SMILES string of the molecule is CCc1ccc(N2C(=O)NC(=O)/C(=C\c3ccc(OCC(=O)OC)c(OC)c3)C2=O)cc1. The predicted octanol–water partition coefficient (Wildman–Crippen LogP) is 2.48. The number of amides is 4. The Bertz CT molecular complexity index is 1090. The van der Waals surface area contributed by atoms with E-state index in [0.29, 0.717) is 11.3 Å². The van der Waals surface area contributed by atoms with Crippen LogP contribution in [0.25, 0.3) is 6.08 Å². The van der Waals surface area contributed by atoms with Crippen LogP contribution in [0, 0.1) is 0 Å². The van der Waals surface area contributed by atoms with Crippen molar-refractivity contribution in [2.75, 3.05) is 25.7 Å². The molecule has 9 nitrogen and oxygen atoms in total. The van der Waals surface area contributed by atoms with Crippen molar-refractivity contribution in [3.8, 4) is 11.5 Å². The van der Waals surface area contributed by atoms with Crippen molar-refractivity contribution in [1.29, 1.82) is 0 Å². The summed E-state index contributed by atoms with van der Waals surface area (Å²) in [5.41, 5.74) is 1.65. The highest BCUT2D eigenvalue weighted by molar-refractivity contribution is 6.39. The molecule has 1 fully saturated rings. The lowest BCUT2D eigenvalue weighted by molar-refractivity contribution is -0.143. The molecule has 0 unspecified atom stereocenters. The molecule has 166 valence electrons. The van der Waals surface area contributed by atoms with E-state index in [9.17, 15) is 19.2 Å². The summed E-state index contributed by atoms with van der Waals surface area (Å²) in [6.07, 6.45) is 2.16. The summed E-state index contributed by atoms with van der Waals surface area (Å²) in [5, 5.41) is 2.19. The fourth-order valence-electron chi connectivity index (χ4n) is 3.03. The predicted molar refractivity (Wildman–Crippen MR) is 115 cm³/mol. The van der Waals surface area contributed by atoms with Gasteiger partial charge in [-0.2, -0.15) is 0 Å². The first-order chi connectivity index (χ1) is 15.4. The van der Waals surface area contributed by atoms with E-state index in [1.807, 2.05) is 19.1 Å².